The number of H-pyrrole nitrogens is 1. The van der Waals surface area contributed by atoms with Crippen LogP contribution in [-0.2, 0) is 13.0 Å². The molecule has 0 radical (unpaired) electrons. The van der Waals surface area contributed by atoms with Crippen LogP contribution in [0.1, 0.15) is 17.5 Å². The van der Waals surface area contributed by atoms with Crippen LogP contribution >= 0.6 is 0 Å². The summed E-state index contributed by atoms with van der Waals surface area (Å²) in [7, 11) is 0. The van der Waals surface area contributed by atoms with Crippen LogP contribution in [0, 0.1) is 0 Å². The molecule has 7 rings (SSSR count). The Kier molecular flexibility index (Phi) is 5.48. The zero-order valence-corrected chi connectivity index (χ0v) is 20.9. The Morgan fingerprint density at radius 2 is 1.53 bits per heavy atom. The van der Waals surface area contributed by atoms with Crippen molar-refractivity contribution in [1.29, 1.82) is 0 Å². The van der Waals surface area contributed by atoms with E-state index >= 15 is 0 Å². The van der Waals surface area contributed by atoms with Crippen molar-refractivity contribution in [3.8, 4) is 0 Å². The monoisotopic (exact) mass is 501 g/mol. The van der Waals surface area contributed by atoms with Crippen LogP contribution in [-0.4, -0.2) is 29.5 Å². The Bertz CT molecular complexity index is 1970. The molecule has 0 spiro atoms. The summed E-state index contributed by atoms with van der Waals surface area (Å²) in [5, 5.41) is 5.13. The molecule has 1 aliphatic heterocycles. The molecule has 2 N–H and O–H groups in total. The van der Waals surface area contributed by atoms with Crippen molar-refractivity contribution < 1.29 is 4.42 Å². The third-order valence-corrected chi connectivity index (χ3v) is 7.70. The highest BCUT2D eigenvalue weighted by atomic mass is 16.3. The SMILES string of the molecule is O=c1c2ccccc2c(=O)c2c1c(NCCCN1CCc3ccccc3C1)cc1oc3ccccc3[nH]c12. The maximum absolute atomic E-state index is 13.7. The van der Waals surface area contributed by atoms with E-state index in [2.05, 4.69) is 39.5 Å². The number of aromatic amines is 1. The molecule has 1 aromatic heterocycles. The van der Waals surface area contributed by atoms with Crippen molar-refractivity contribution in [3.63, 3.8) is 0 Å². The van der Waals surface area contributed by atoms with Crippen LogP contribution in [0.4, 0.5) is 5.69 Å². The molecule has 6 aromatic rings. The molecule has 2 heterocycles. The molecule has 6 nitrogen and oxygen atoms in total. The Morgan fingerprint density at radius 3 is 2.37 bits per heavy atom. The van der Waals surface area contributed by atoms with E-state index in [-0.39, 0.29) is 10.9 Å². The van der Waals surface area contributed by atoms with Crippen molar-refractivity contribution in [1.82, 2.24) is 9.88 Å². The standard InChI is InChI=1S/C32H27N3O3/c36-31-22-10-3-4-11-23(22)32(37)29-28(31)25(18-27-30(29)34-24-12-5-6-13-26(24)38-27)33-15-7-16-35-17-14-20-8-1-2-9-21(20)19-35/h1-6,8-13,18,33-34H,7,14-17,19H2. The smallest absolute Gasteiger partial charge is 0.196 e. The summed E-state index contributed by atoms with van der Waals surface area (Å²) in [6.07, 6.45) is 1.98. The largest absolute Gasteiger partial charge is 0.453 e. The van der Waals surface area contributed by atoms with Crippen LogP contribution < -0.4 is 16.2 Å². The van der Waals surface area contributed by atoms with E-state index in [1.807, 2.05) is 30.3 Å². The molecular formula is C32H27N3O3. The summed E-state index contributed by atoms with van der Waals surface area (Å²) >= 11 is 0. The molecule has 0 unspecified atom stereocenters. The van der Waals surface area contributed by atoms with E-state index < -0.39 is 0 Å². The minimum absolute atomic E-state index is 0.145. The van der Waals surface area contributed by atoms with Crippen LogP contribution in [0.5, 0.6) is 0 Å². The minimum Gasteiger partial charge on any atom is -0.453 e. The van der Waals surface area contributed by atoms with Gasteiger partial charge >= 0.3 is 0 Å². The minimum atomic E-state index is -0.169. The van der Waals surface area contributed by atoms with Gasteiger partial charge in [-0.2, -0.15) is 0 Å². The van der Waals surface area contributed by atoms with Gasteiger partial charge in [0.25, 0.3) is 0 Å². The molecule has 0 saturated carbocycles. The fourth-order valence-electron chi connectivity index (χ4n) is 5.80. The van der Waals surface area contributed by atoms with E-state index in [9.17, 15) is 9.59 Å². The van der Waals surface area contributed by atoms with Gasteiger partial charge in [0.15, 0.2) is 22.0 Å². The lowest BCUT2D eigenvalue weighted by molar-refractivity contribution is 0.253. The number of nitrogens with one attached hydrogen (secondary N) is 2. The highest BCUT2D eigenvalue weighted by Gasteiger charge is 2.19. The Hall–Kier alpha value is -4.42. The van der Waals surface area contributed by atoms with E-state index in [0.717, 1.165) is 38.0 Å². The van der Waals surface area contributed by atoms with Gasteiger partial charge in [0, 0.05) is 48.7 Å². The summed E-state index contributed by atoms with van der Waals surface area (Å²) in [6.45, 7) is 3.65. The molecule has 5 aromatic carbocycles. The molecule has 0 amide bonds. The van der Waals surface area contributed by atoms with Gasteiger partial charge in [-0.05, 0) is 36.1 Å². The highest BCUT2D eigenvalue weighted by Crippen LogP contribution is 2.31. The second-order valence-corrected chi connectivity index (χ2v) is 10.0. The van der Waals surface area contributed by atoms with Gasteiger partial charge < -0.3 is 14.7 Å². The number of anilines is 1. The van der Waals surface area contributed by atoms with Crippen molar-refractivity contribution in [2.24, 2.45) is 0 Å². The van der Waals surface area contributed by atoms with Gasteiger partial charge in [0.05, 0.1) is 21.8 Å². The molecule has 0 atom stereocenters. The van der Waals surface area contributed by atoms with Gasteiger partial charge in [0.2, 0.25) is 0 Å². The molecule has 0 aliphatic carbocycles. The average molecular weight is 502 g/mol. The summed E-state index contributed by atoms with van der Waals surface area (Å²) in [5.41, 5.74) is 5.71. The Morgan fingerprint density at radius 1 is 0.816 bits per heavy atom. The topological polar surface area (TPSA) is 78.3 Å². The second kappa shape index (κ2) is 9.15. The predicted molar refractivity (Wildman–Crippen MR) is 154 cm³/mol. The lowest BCUT2D eigenvalue weighted by Crippen LogP contribution is -2.32. The van der Waals surface area contributed by atoms with E-state index in [1.54, 1.807) is 24.3 Å². The zero-order chi connectivity index (χ0) is 25.6. The van der Waals surface area contributed by atoms with E-state index in [4.69, 9.17) is 4.42 Å². The number of para-hydroxylation sites is 2. The normalized spacial score (nSPS) is 13.9. The third-order valence-electron chi connectivity index (χ3n) is 7.70. The fourth-order valence-corrected chi connectivity index (χ4v) is 5.80. The van der Waals surface area contributed by atoms with Crippen LogP contribution in [0.2, 0.25) is 0 Å². The molecule has 0 saturated heterocycles. The van der Waals surface area contributed by atoms with Crippen molar-refractivity contribution >= 4 is 49.4 Å². The van der Waals surface area contributed by atoms with Gasteiger partial charge in [-0.1, -0.05) is 60.7 Å². The van der Waals surface area contributed by atoms with Gasteiger partial charge in [-0.25, -0.2) is 0 Å². The summed E-state index contributed by atoms with van der Waals surface area (Å²) < 4.78 is 6.22. The second-order valence-electron chi connectivity index (χ2n) is 10.0. The number of aromatic nitrogens is 1. The van der Waals surface area contributed by atoms with Crippen LogP contribution in [0.25, 0.3) is 43.7 Å². The Balaban J connectivity index is 1.27. The maximum atomic E-state index is 13.7. The molecule has 188 valence electrons. The number of fused-ring (bicyclic) bond motifs is 6. The first-order valence-corrected chi connectivity index (χ1v) is 13.1. The number of hydrogen-bond acceptors (Lipinski definition) is 5. The van der Waals surface area contributed by atoms with Gasteiger partial charge in [-0.15, -0.1) is 0 Å². The first-order valence-electron chi connectivity index (χ1n) is 13.1. The van der Waals surface area contributed by atoms with E-state index in [1.165, 1.54) is 11.1 Å². The van der Waals surface area contributed by atoms with Crippen LogP contribution in [0.15, 0.2) is 92.9 Å². The highest BCUT2D eigenvalue weighted by molar-refractivity contribution is 6.14. The third kappa shape index (κ3) is 3.76. The number of hydrogen-bond donors (Lipinski definition) is 2. The lowest BCUT2D eigenvalue weighted by atomic mass is 9.99. The summed E-state index contributed by atoms with van der Waals surface area (Å²) in [6, 6.07) is 25.2. The predicted octanol–water partition coefficient (Wildman–Crippen LogP) is 5.80. The average Bonchev–Trinajstić information content (AvgIpc) is 2.96. The van der Waals surface area contributed by atoms with Crippen molar-refractivity contribution in [2.75, 3.05) is 25.0 Å². The summed E-state index contributed by atoms with van der Waals surface area (Å²) in [5.74, 6) is 0. The van der Waals surface area contributed by atoms with Gasteiger partial charge in [0.1, 0.15) is 0 Å². The molecule has 0 bridgehead atoms. The zero-order valence-electron chi connectivity index (χ0n) is 20.9. The van der Waals surface area contributed by atoms with Crippen LogP contribution in [0.3, 0.4) is 0 Å². The first-order chi connectivity index (χ1) is 18.7. The van der Waals surface area contributed by atoms with Crippen molar-refractivity contribution in [2.45, 2.75) is 19.4 Å². The van der Waals surface area contributed by atoms with Gasteiger partial charge in [-0.3, -0.25) is 14.5 Å². The molecular weight excluding hydrogens is 474 g/mol. The number of nitrogens with zero attached hydrogens (tertiary/aromatic N) is 1. The number of rotatable bonds is 5. The number of benzene rings is 5. The lowest BCUT2D eigenvalue weighted by Gasteiger charge is -2.28. The molecule has 0 fully saturated rings. The van der Waals surface area contributed by atoms with E-state index in [0.29, 0.717) is 50.5 Å². The molecule has 1 aliphatic rings. The fraction of sp³-hybridized carbons (Fsp3) is 0.188. The quantitative estimate of drug-likeness (QED) is 0.177. The first kappa shape index (κ1) is 22.8. The van der Waals surface area contributed by atoms with Crippen molar-refractivity contribution in [3.05, 3.63) is 110 Å². The Labute approximate surface area is 218 Å². The molecule has 38 heavy (non-hydrogen) atoms. The molecule has 6 heteroatoms. The maximum Gasteiger partial charge on any atom is 0.196 e. The summed E-state index contributed by atoms with van der Waals surface area (Å²) in [4.78, 5) is 33.3.